The smallest absolute Gasteiger partial charge is 0.224 e. The number of hydrogen-bond acceptors (Lipinski definition) is 2. The third-order valence-corrected chi connectivity index (χ3v) is 5.14. The number of rotatable bonds is 4. The maximum Gasteiger partial charge on any atom is 0.224 e. The fourth-order valence-corrected chi connectivity index (χ4v) is 3.84. The molecule has 0 spiro atoms. The Labute approximate surface area is 138 Å². The van der Waals surface area contributed by atoms with Crippen molar-refractivity contribution in [3.63, 3.8) is 0 Å². The number of likely N-dealkylation sites (tertiary alicyclic amines) is 1. The van der Waals surface area contributed by atoms with Gasteiger partial charge in [0.15, 0.2) is 0 Å². The lowest BCUT2D eigenvalue weighted by atomic mass is 10.1. The van der Waals surface area contributed by atoms with Crippen LogP contribution in [0.25, 0.3) is 0 Å². The van der Waals surface area contributed by atoms with E-state index in [9.17, 15) is 9.59 Å². The van der Waals surface area contributed by atoms with Gasteiger partial charge < -0.3 is 14.4 Å². The standard InChI is InChI=1S/C18H27N3O2/c1-2-15-16-7-6-11-19(16)13-14-21(15)18(23)9-12-20-10-5-3-4-8-17(20)22/h6-7,11,15H,2-5,8-10,12-14H2,1H3. The van der Waals surface area contributed by atoms with Crippen molar-refractivity contribution >= 4 is 11.8 Å². The van der Waals surface area contributed by atoms with Gasteiger partial charge >= 0.3 is 0 Å². The summed E-state index contributed by atoms with van der Waals surface area (Å²) in [6, 6.07) is 4.35. The SMILES string of the molecule is CCC1c2cccn2CCN1C(=O)CCN1CCCCCC1=O. The lowest BCUT2D eigenvalue weighted by Crippen LogP contribution is -2.43. The molecule has 0 radical (unpaired) electrons. The Bertz CT molecular complexity index is 566. The molecule has 1 aromatic rings. The molecule has 0 N–H and O–H groups in total. The molecule has 0 bridgehead atoms. The number of aromatic nitrogens is 1. The lowest BCUT2D eigenvalue weighted by molar-refractivity contribution is -0.136. The summed E-state index contributed by atoms with van der Waals surface area (Å²) >= 11 is 0. The highest BCUT2D eigenvalue weighted by Gasteiger charge is 2.29. The molecule has 2 aliphatic heterocycles. The minimum absolute atomic E-state index is 0.172. The van der Waals surface area contributed by atoms with Gasteiger partial charge in [0.2, 0.25) is 11.8 Å². The Hall–Kier alpha value is -1.78. The van der Waals surface area contributed by atoms with Crippen LogP contribution in [0.5, 0.6) is 0 Å². The van der Waals surface area contributed by atoms with Crippen molar-refractivity contribution in [3.05, 3.63) is 24.0 Å². The van der Waals surface area contributed by atoms with E-state index >= 15 is 0 Å². The zero-order valence-electron chi connectivity index (χ0n) is 14.0. The van der Waals surface area contributed by atoms with Gasteiger partial charge in [-0.1, -0.05) is 13.3 Å². The summed E-state index contributed by atoms with van der Waals surface area (Å²) in [5, 5.41) is 0. The Morgan fingerprint density at radius 2 is 2.09 bits per heavy atom. The summed E-state index contributed by atoms with van der Waals surface area (Å²) < 4.78 is 2.25. The number of carbonyl (C=O) groups is 2. The first-order valence-corrected chi connectivity index (χ1v) is 8.93. The van der Waals surface area contributed by atoms with Crippen molar-refractivity contribution in [1.82, 2.24) is 14.4 Å². The summed E-state index contributed by atoms with van der Waals surface area (Å²) in [6.07, 6.45) is 7.29. The molecule has 3 heterocycles. The maximum atomic E-state index is 12.7. The predicted octanol–water partition coefficient (Wildman–Crippen LogP) is 2.57. The van der Waals surface area contributed by atoms with Crippen LogP contribution in [0.4, 0.5) is 0 Å². The van der Waals surface area contributed by atoms with Gasteiger partial charge in [-0.2, -0.15) is 0 Å². The van der Waals surface area contributed by atoms with Gasteiger partial charge in [0, 0.05) is 50.9 Å². The highest BCUT2D eigenvalue weighted by atomic mass is 16.2. The first-order valence-electron chi connectivity index (χ1n) is 8.93. The fraction of sp³-hybridized carbons (Fsp3) is 0.667. The maximum absolute atomic E-state index is 12.7. The van der Waals surface area contributed by atoms with Crippen molar-refractivity contribution in [2.45, 2.75) is 58.0 Å². The molecule has 0 saturated carbocycles. The summed E-state index contributed by atoms with van der Waals surface area (Å²) in [5.74, 6) is 0.399. The van der Waals surface area contributed by atoms with Crippen molar-refractivity contribution in [3.8, 4) is 0 Å². The van der Waals surface area contributed by atoms with Gasteiger partial charge in [0.1, 0.15) is 0 Å². The van der Waals surface area contributed by atoms with Crippen LogP contribution in [-0.4, -0.2) is 45.8 Å². The van der Waals surface area contributed by atoms with Crippen LogP contribution < -0.4 is 0 Å². The molecule has 5 heteroatoms. The Morgan fingerprint density at radius 1 is 1.22 bits per heavy atom. The van der Waals surface area contributed by atoms with Crippen LogP contribution in [0.15, 0.2) is 18.3 Å². The molecule has 0 aliphatic carbocycles. The average molecular weight is 317 g/mol. The molecule has 126 valence electrons. The second-order valence-electron chi connectivity index (χ2n) is 6.58. The van der Waals surface area contributed by atoms with Gasteiger partial charge in [-0.3, -0.25) is 9.59 Å². The fourth-order valence-electron chi connectivity index (χ4n) is 3.84. The van der Waals surface area contributed by atoms with E-state index in [1.165, 1.54) is 5.69 Å². The second-order valence-corrected chi connectivity index (χ2v) is 6.58. The molecule has 2 aliphatic rings. The first kappa shape index (κ1) is 16.1. The average Bonchev–Trinajstić information content (AvgIpc) is 2.95. The molecular weight excluding hydrogens is 290 g/mol. The van der Waals surface area contributed by atoms with E-state index in [1.54, 1.807) is 0 Å². The molecule has 1 unspecified atom stereocenters. The van der Waals surface area contributed by atoms with E-state index in [2.05, 4.69) is 29.8 Å². The summed E-state index contributed by atoms with van der Waals surface area (Å²) in [7, 11) is 0. The molecule has 1 atom stereocenters. The van der Waals surface area contributed by atoms with E-state index < -0.39 is 0 Å². The zero-order valence-corrected chi connectivity index (χ0v) is 14.0. The van der Waals surface area contributed by atoms with Gasteiger partial charge in [-0.05, 0) is 31.4 Å². The van der Waals surface area contributed by atoms with Crippen LogP contribution in [-0.2, 0) is 16.1 Å². The third kappa shape index (κ3) is 3.43. The quantitative estimate of drug-likeness (QED) is 0.857. The van der Waals surface area contributed by atoms with Crippen LogP contribution in [0.3, 0.4) is 0 Å². The minimum atomic E-state index is 0.172. The Balaban J connectivity index is 1.60. The van der Waals surface area contributed by atoms with Crippen molar-refractivity contribution in [1.29, 1.82) is 0 Å². The van der Waals surface area contributed by atoms with Gasteiger partial charge in [-0.25, -0.2) is 0 Å². The summed E-state index contributed by atoms with van der Waals surface area (Å²) in [5.41, 5.74) is 1.23. The molecule has 1 aromatic heterocycles. The molecule has 0 aromatic carbocycles. The molecule has 5 nitrogen and oxygen atoms in total. The Kier molecular flexibility index (Phi) is 5.03. The van der Waals surface area contributed by atoms with Crippen molar-refractivity contribution in [2.75, 3.05) is 19.6 Å². The van der Waals surface area contributed by atoms with Crippen molar-refractivity contribution < 1.29 is 9.59 Å². The molecule has 3 rings (SSSR count). The number of amides is 2. The van der Waals surface area contributed by atoms with Crippen molar-refractivity contribution in [2.24, 2.45) is 0 Å². The number of nitrogens with zero attached hydrogens (tertiary/aromatic N) is 3. The zero-order chi connectivity index (χ0) is 16.2. The van der Waals surface area contributed by atoms with Crippen LogP contribution in [0, 0.1) is 0 Å². The topological polar surface area (TPSA) is 45.6 Å². The molecule has 1 saturated heterocycles. The second kappa shape index (κ2) is 7.20. The van der Waals surface area contributed by atoms with E-state index in [4.69, 9.17) is 0 Å². The van der Waals surface area contributed by atoms with Gasteiger partial charge in [0.05, 0.1) is 6.04 Å². The minimum Gasteiger partial charge on any atom is -0.348 e. The van der Waals surface area contributed by atoms with E-state index in [0.717, 1.165) is 45.3 Å². The largest absolute Gasteiger partial charge is 0.348 e. The molecule has 2 amide bonds. The summed E-state index contributed by atoms with van der Waals surface area (Å²) in [6.45, 7) is 5.16. The lowest BCUT2D eigenvalue weighted by Gasteiger charge is -2.37. The number of hydrogen-bond donors (Lipinski definition) is 0. The van der Waals surface area contributed by atoms with Crippen LogP contribution in [0.2, 0.25) is 0 Å². The van der Waals surface area contributed by atoms with Gasteiger partial charge in [0.25, 0.3) is 0 Å². The predicted molar refractivity (Wildman–Crippen MR) is 88.8 cm³/mol. The van der Waals surface area contributed by atoms with Crippen LogP contribution >= 0.6 is 0 Å². The highest BCUT2D eigenvalue weighted by molar-refractivity contribution is 5.79. The number of carbonyl (C=O) groups excluding carboxylic acids is 2. The number of fused-ring (bicyclic) bond motifs is 1. The molecular formula is C18H27N3O2. The molecule has 23 heavy (non-hydrogen) atoms. The van der Waals surface area contributed by atoms with E-state index in [-0.39, 0.29) is 17.9 Å². The van der Waals surface area contributed by atoms with E-state index in [1.807, 2.05) is 9.80 Å². The highest BCUT2D eigenvalue weighted by Crippen LogP contribution is 2.29. The normalized spacial score (nSPS) is 22.0. The van der Waals surface area contributed by atoms with Crippen LogP contribution in [0.1, 0.15) is 57.2 Å². The third-order valence-electron chi connectivity index (χ3n) is 5.14. The molecule has 1 fully saturated rings. The first-order chi connectivity index (χ1) is 11.2. The van der Waals surface area contributed by atoms with Gasteiger partial charge in [-0.15, -0.1) is 0 Å². The van der Waals surface area contributed by atoms with E-state index in [0.29, 0.717) is 19.4 Å². The Morgan fingerprint density at radius 3 is 2.91 bits per heavy atom. The summed E-state index contributed by atoms with van der Waals surface area (Å²) in [4.78, 5) is 28.7. The monoisotopic (exact) mass is 317 g/mol.